The predicted octanol–water partition coefficient (Wildman–Crippen LogP) is 3.65. The van der Waals surface area contributed by atoms with Crippen molar-refractivity contribution in [1.29, 1.82) is 5.41 Å². The number of rotatable bonds is 9. The molecule has 1 aromatic carbocycles. The predicted molar refractivity (Wildman–Crippen MR) is 119 cm³/mol. The van der Waals surface area contributed by atoms with Crippen LogP contribution < -0.4 is 10.7 Å². The third kappa shape index (κ3) is 5.81. The average molecular weight is 421 g/mol. The number of hydrazone groups is 1. The van der Waals surface area contributed by atoms with Gasteiger partial charge in [0, 0.05) is 18.5 Å². The second-order valence-corrected chi connectivity index (χ2v) is 6.97. The van der Waals surface area contributed by atoms with E-state index in [0.29, 0.717) is 35.6 Å². The number of carbonyl (C=O) groups is 1. The quantitative estimate of drug-likeness (QED) is 0.362. The van der Waals surface area contributed by atoms with Crippen LogP contribution in [0.5, 0.6) is 0 Å². The molecular weight excluding hydrogens is 397 g/mol. The summed E-state index contributed by atoms with van der Waals surface area (Å²) in [6.45, 7) is 4.37. The lowest BCUT2D eigenvalue weighted by Gasteiger charge is -2.18. The second-order valence-electron chi connectivity index (χ2n) is 6.97. The molecule has 3 aromatic rings. The van der Waals surface area contributed by atoms with E-state index in [4.69, 9.17) is 5.41 Å². The lowest BCUT2D eigenvalue weighted by molar-refractivity contribution is 0.0931. The van der Waals surface area contributed by atoms with Gasteiger partial charge in [-0.15, -0.1) is 0 Å². The van der Waals surface area contributed by atoms with Crippen molar-refractivity contribution in [3.05, 3.63) is 65.7 Å². The Morgan fingerprint density at radius 3 is 2.84 bits per heavy atom. The molecule has 2 aromatic heterocycles. The first-order valence-corrected chi connectivity index (χ1v) is 9.85. The highest BCUT2D eigenvalue weighted by Crippen LogP contribution is 2.18. The van der Waals surface area contributed by atoms with Crippen molar-refractivity contribution in [2.45, 2.75) is 32.9 Å². The first-order chi connectivity index (χ1) is 15.0. The molecule has 0 saturated heterocycles. The lowest BCUT2D eigenvalue weighted by atomic mass is 10.1. The molecule has 0 aliphatic heterocycles. The van der Waals surface area contributed by atoms with Gasteiger partial charge in [-0.3, -0.25) is 19.9 Å². The highest BCUT2D eigenvalue weighted by molar-refractivity contribution is 6.14. The number of benzene rings is 1. The van der Waals surface area contributed by atoms with Crippen LogP contribution >= 0.6 is 0 Å². The summed E-state index contributed by atoms with van der Waals surface area (Å²) in [5, 5.41) is 18.4. The first kappa shape index (κ1) is 21.8. The normalized spacial score (nSPS) is 12.0. The van der Waals surface area contributed by atoms with Gasteiger partial charge in [0.05, 0.1) is 35.9 Å². The van der Waals surface area contributed by atoms with E-state index in [1.54, 1.807) is 35.1 Å². The van der Waals surface area contributed by atoms with E-state index in [2.05, 4.69) is 25.9 Å². The van der Waals surface area contributed by atoms with E-state index < -0.39 is 5.82 Å². The van der Waals surface area contributed by atoms with Gasteiger partial charge in [-0.25, -0.2) is 4.39 Å². The zero-order valence-corrected chi connectivity index (χ0v) is 17.3. The summed E-state index contributed by atoms with van der Waals surface area (Å²) in [5.74, 6) is -0.624. The van der Waals surface area contributed by atoms with E-state index in [1.165, 1.54) is 12.3 Å². The van der Waals surface area contributed by atoms with E-state index in [1.807, 2.05) is 19.9 Å². The van der Waals surface area contributed by atoms with Crippen LogP contribution in [0.3, 0.4) is 0 Å². The Hall–Kier alpha value is -3.88. The van der Waals surface area contributed by atoms with Crippen LogP contribution in [0.25, 0.3) is 11.4 Å². The molecule has 9 heteroatoms. The Kier molecular flexibility index (Phi) is 7.21. The zero-order chi connectivity index (χ0) is 22.2. The Balaban J connectivity index is 1.71. The first-order valence-electron chi connectivity index (χ1n) is 9.85. The molecule has 0 radical (unpaired) electrons. The van der Waals surface area contributed by atoms with Crippen LogP contribution in [0.2, 0.25) is 0 Å². The molecule has 3 rings (SSSR count). The maximum absolute atomic E-state index is 13.1. The molecular formula is C22H24FN7O. The van der Waals surface area contributed by atoms with E-state index >= 15 is 0 Å². The maximum Gasteiger partial charge on any atom is 0.253 e. The number of pyridine rings is 1. The van der Waals surface area contributed by atoms with Crippen LogP contribution in [0.15, 0.2) is 53.9 Å². The zero-order valence-electron chi connectivity index (χ0n) is 17.3. The molecule has 0 saturated carbocycles. The van der Waals surface area contributed by atoms with Gasteiger partial charge in [-0.2, -0.15) is 10.2 Å². The molecule has 3 N–H and O–H groups in total. The van der Waals surface area contributed by atoms with Crippen molar-refractivity contribution >= 4 is 24.0 Å². The number of aromatic nitrogens is 3. The van der Waals surface area contributed by atoms with Crippen molar-refractivity contribution in [3.63, 3.8) is 0 Å². The van der Waals surface area contributed by atoms with Gasteiger partial charge in [0.25, 0.3) is 5.91 Å². The average Bonchev–Trinajstić information content (AvgIpc) is 3.23. The van der Waals surface area contributed by atoms with Gasteiger partial charge in [0.15, 0.2) is 0 Å². The molecule has 1 atom stereocenters. The molecule has 8 nitrogen and oxygen atoms in total. The number of hydrogen-bond donors (Lipinski definition) is 3. The van der Waals surface area contributed by atoms with E-state index in [9.17, 15) is 9.18 Å². The van der Waals surface area contributed by atoms with Crippen LogP contribution in [0.4, 0.5) is 10.1 Å². The lowest BCUT2D eigenvalue weighted by Crippen LogP contribution is -2.38. The minimum absolute atomic E-state index is 0.153. The summed E-state index contributed by atoms with van der Waals surface area (Å²) in [5.41, 5.74) is 5.98. The largest absolute Gasteiger partial charge is 0.347 e. The second kappa shape index (κ2) is 10.2. The summed E-state index contributed by atoms with van der Waals surface area (Å²) in [6, 6.07) is 10.0. The maximum atomic E-state index is 13.1. The fraction of sp³-hybridized carbons (Fsp3) is 0.227. The number of carbonyl (C=O) groups excluding carboxylic acids is 1. The summed E-state index contributed by atoms with van der Waals surface area (Å²) in [4.78, 5) is 17.0. The van der Waals surface area contributed by atoms with Crippen molar-refractivity contribution in [2.75, 3.05) is 5.43 Å². The molecule has 31 heavy (non-hydrogen) atoms. The summed E-state index contributed by atoms with van der Waals surface area (Å²) in [6.07, 6.45) is 6.01. The Morgan fingerprint density at radius 1 is 1.29 bits per heavy atom. The number of hydrogen-bond acceptors (Lipinski definition) is 6. The van der Waals surface area contributed by atoms with Gasteiger partial charge in [-0.05, 0) is 43.7 Å². The number of halogens is 1. The van der Waals surface area contributed by atoms with Gasteiger partial charge < -0.3 is 10.7 Å². The number of aryl methyl sites for hydroxylation is 1. The minimum Gasteiger partial charge on any atom is -0.347 e. The molecule has 0 aliphatic carbocycles. The van der Waals surface area contributed by atoms with Crippen LogP contribution in [-0.2, 0) is 6.54 Å². The fourth-order valence-electron chi connectivity index (χ4n) is 2.98. The topological polar surface area (TPSA) is 108 Å². The summed E-state index contributed by atoms with van der Waals surface area (Å²) in [7, 11) is 0. The minimum atomic E-state index is -0.398. The van der Waals surface area contributed by atoms with Gasteiger partial charge >= 0.3 is 0 Å². The van der Waals surface area contributed by atoms with Crippen LogP contribution in [-0.4, -0.2) is 39.1 Å². The molecule has 0 fully saturated rings. The number of anilines is 1. The number of nitrogens with one attached hydrogen (secondary N) is 3. The third-order valence-electron chi connectivity index (χ3n) is 4.62. The molecule has 2 heterocycles. The Morgan fingerprint density at radius 2 is 2.13 bits per heavy atom. The van der Waals surface area contributed by atoms with Crippen molar-refractivity contribution in [1.82, 2.24) is 20.1 Å². The Bertz CT molecular complexity index is 1080. The van der Waals surface area contributed by atoms with E-state index in [0.717, 1.165) is 18.0 Å². The number of nitrogens with zero attached hydrogens (tertiary/aromatic N) is 4. The monoisotopic (exact) mass is 421 g/mol. The number of amides is 1. The van der Waals surface area contributed by atoms with Crippen LogP contribution in [0.1, 0.15) is 29.3 Å². The Labute approximate surface area is 179 Å². The highest BCUT2D eigenvalue weighted by atomic mass is 19.1. The molecule has 160 valence electrons. The molecule has 0 bridgehead atoms. The van der Waals surface area contributed by atoms with Crippen molar-refractivity contribution < 1.29 is 9.18 Å². The standard InChI is InChI=1S/C22H24FN7O/c1-3-17(14-30-11-8-21(29-30)20-7-5-16(23)13-25-20)27-22(31)18-12-15(2)4-6-19(18)28-26-10-9-24/h4-13,17,24,28H,3,14H2,1-2H3,(H,27,31)/b24-9?,26-10-/t17-/m0/s1. The van der Waals surface area contributed by atoms with Crippen molar-refractivity contribution in [3.8, 4) is 11.4 Å². The van der Waals surface area contributed by atoms with Gasteiger partial charge in [0.2, 0.25) is 0 Å². The van der Waals surface area contributed by atoms with Gasteiger partial charge in [-0.1, -0.05) is 18.6 Å². The van der Waals surface area contributed by atoms with Crippen molar-refractivity contribution in [2.24, 2.45) is 5.10 Å². The van der Waals surface area contributed by atoms with Crippen LogP contribution in [0, 0.1) is 18.2 Å². The third-order valence-corrected chi connectivity index (χ3v) is 4.62. The summed E-state index contributed by atoms with van der Waals surface area (Å²) >= 11 is 0. The highest BCUT2D eigenvalue weighted by Gasteiger charge is 2.17. The molecule has 1 amide bonds. The SMILES string of the molecule is CC[C@@H](Cn1ccc(-c2ccc(F)cn2)n1)NC(=O)c1cc(C)ccc1N/N=C\C=N. The molecule has 0 spiro atoms. The fourth-order valence-corrected chi connectivity index (χ4v) is 2.98. The molecule has 0 aliphatic rings. The van der Waals surface area contributed by atoms with Gasteiger partial charge in [0.1, 0.15) is 11.5 Å². The van der Waals surface area contributed by atoms with E-state index in [-0.39, 0.29) is 11.9 Å². The smallest absolute Gasteiger partial charge is 0.253 e. The summed E-state index contributed by atoms with van der Waals surface area (Å²) < 4.78 is 14.8. The molecule has 0 unspecified atom stereocenters.